The van der Waals surface area contributed by atoms with Gasteiger partial charge in [-0.05, 0) is 30.9 Å². The number of hydrogen-bond acceptors (Lipinski definition) is 3. The second-order valence-electron chi connectivity index (χ2n) is 4.49. The summed E-state index contributed by atoms with van der Waals surface area (Å²) in [7, 11) is 0. The lowest BCUT2D eigenvalue weighted by Gasteiger charge is -2.20. The largest absolute Gasteiger partial charge is 0.431 e. The Morgan fingerprint density at radius 1 is 1.28 bits per heavy atom. The van der Waals surface area contributed by atoms with Crippen molar-refractivity contribution < 1.29 is 4.42 Å². The summed E-state index contributed by atoms with van der Waals surface area (Å²) in [4.78, 5) is 6.57. The molecule has 94 valence electrons. The van der Waals surface area contributed by atoms with E-state index >= 15 is 0 Å². The van der Waals surface area contributed by atoms with Crippen LogP contribution in [0.4, 0.5) is 11.7 Å². The van der Waals surface area contributed by atoms with E-state index in [0.29, 0.717) is 11.9 Å². The lowest BCUT2D eigenvalue weighted by atomic mass is 10.1. The third-order valence-electron chi connectivity index (χ3n) is 3.27. The second-order valence-corrected chi connectivity index (χ2v) is 4.76. The summed E-state index contributed by atoms with van der Waals surface area (Å²) >= 11 is 5.77. The predicted octanol–water partition coefficient (Wildman–Crippen LogP) is 3.89. The van der Waals surface area contributed by atoms with Gasteiger partial charge >= 0.3 is 6.01 Å². The molecule has 2 aromatic rings. The number of aromatic nitrogens is 1. The second kappa shape index (κ2) is 5.02. The van der Waals surface area contributed by atoms with Crippen LogP contribution >= 0.6 is 11.6 Å². The highest BCUT2D eigenvalue weighted by atomic mass is 35.5. The van der Waals surface area contributed by atoms with Crippen LogP contribution in [0.3, 0.4) is 0 Å². The fourth-order valence-electron chi connectivity index (χ4n) is 2.37. The molecule has 0 unspecified atom stereocenters. The van der Waals surface area contributed by atoms with Crippen molar-refractivity contribution >= 4 is 23.3 Å². The predicted molar refractivity (Wildman–Crippen MR) is 72.4 cm³/mol. The maximum Gasteiger partial charge on any atom is 0.302 e. The molecule has 0 amide bonds. The number of nitrogens with zero attached hydrogens (tertiary/aromatic N) is 2. The Morgan fingerprint density at radius 2 is 2.17 bits per heavy atom. The van der Waals surface area contributed by atoms with Gasteiger partial charge in [0.1, 0.15) is 6.26 Å². The zero-order valence-corrected chi connectivity index (χ0v) is 10.9. The SMILES string of the molecule is ClCc1coc(N2CCCCc3ccccc32)n1. The standard InChI is InChI=1S/C14H15ClN2O/c15-9-12-10-18-14(16-12)17-8-4-3-6-11-5-1-2-7-13(11)17/h1-2,5,7,10H,3-4,6,8-9H2. The normalized spacial score (nSPS) is 15.3. The van der Waals surface area contributed by atoms with Gasteiger partial charge in [0, 0.05) is 12.2 Å². The van der Waals surface area contributed by atoms with Crippen molar-refractivity contribution in [3.63, 3.8) is 0 Å². The summed E-state index contributed by atoms with van der Waals surface area (Å²) in [5, 5.41) is 0. The van der Waals surface area contributed by atoms with Gasteiger partial charge in [-0.1, -0.05) is 18.2 Å². The molecule has 2 heterocycles. The Labute approximate surface area is 111 Å². The van der Waals surface area contributed by atoms with Crippen molar-refractivity contribution in [3.8, 4) is 0 Å². The zero-order valence-electron chi connectivity index (χ0n) is 10.1. The summed E-state index contributed by atoms with van der Waals surface area (Å²) < 4.78 is 5.54. The molecule has 1 aliphatic heterocycles. The van der Waals surface area contributed by atoms with E-state index in [1.165, 1.54) is 17.7 Å². The average molecular weight is 263 g/mol. The van der Waals surface area contributed by atoms with Crippen LogP contribution in [-0.4, -0.2) is 11.5 Å². The van der Waals surface area contributed by atoms with Gasteiger partial charge in [0.2, 0.25) is 0 Å². The number of anilines is 2. The highest BCUT2D eigenvalue weighted by molar-refractivity contribution is 6.16. The maximum absolute atomic E-state index is 5.77. The van der Waals surface area contributed by atoms with Crippen molar-refractivity contribution in [2.75, 3.05) is 11.4 Å². The quantitative estimate of drug-likeness (QED) is 0.769. The average Bonchev–Trinajstić information content (AvgIpc) is 2.78. The van der Waals surface area contributed by atoms with Crippen molar-refractivity contribution in [3.05, 3.63) is 41.8 Å². The van der Waals surface area contributed by atoms with Crippen LogP contribution in [0.1, 0.15) is 24.1 Å². The number of benzene rings is 1. The van der Waals surface area contributed by atoms with Gasteiger partial charge < -0.3 is 4.42 Å². The van der Waals surface area contributed by atoms with Crippen molar-refractivity contribution in [1.82, 2.24) is 4.98 Å². The van der Waals surface area contributed by atoms with E-state index in [0.717, 1.165) is 25.1 Å². The molecule has 3 rings (SSSR count). The van der Waals surface area contributed by atoms with E-state index in [1.807, 2.05) is 0 Å². The highest BCUT2D eigenvalue weighted by Gasteiger charge is 2.20. The first-order valence-corrected chi connectivity index (χ1v) is 6.78. The van der Waals surface area contributed by atoms with Gasteiger partial charge in [0.05, 0.1) is 11.6 Å². The molecular weight excluding hydrogens is 248 g/mol. The van der Waals surface area contributed by atoms with E-state index in [1.54, 1.807) is 6.26 Å². The molecule has 0 spiro atoms. The van der Waals surface area contributed by atoms with E-state index < -0.39 is 0 Å². The minimum absolute atomic E-state index is 0.388. The van der Waals surface area contributed by atoms with Crippen LogP contribution < -0.4 is 4.90 Å². The summed E-state index contributed by atoms with van der Waals surface area (Å²) in [6.45, 7) is 0.944. The molecule has 1 aromatic carbocycles. The Bertz CT molecular complexity index is 538. The minimum atomic E-state index is 0.388. The molecular formula is C14H15ClN2O. The summed E-state index contributed by atoms with van der Waals surface area (Å²) in [5.74, 6) is 0.388. The lowest BCUT2D eigenvalue weighted by molar-refractivity contribution is 0.549. The van der Waals surface area contributed by atoms with Crippen LogP contribution in [-0.2, 0) is 12.3 Å². The minimum Gasteiger partial charge on any atom is -0.431 e. The topological polar surface area (TPSA) is 29.3 Å². The van der Waals surface area contributed by atoms with E-state index in [4.69, 9.17) is 16.0 Å². The monoisotopic (exact) mass is 262 g/mol. The Balaban J connectivity index is 2.00. The fraction of sp³-hybridized carbons (Fsp3) is 0.357. The maximum atomic E-state index is 5.77. The van der Waals surface area contributed by atoms with Crippen LogP contribution in [0, 0.1) is 0 Å². The molecule has 0 radical (unpaired) electrons. The third kappa shape index (κ3) is 2.10. The van der Waals surface area contributed by atoms with Gasteiger partial charge in [0.15, 0.2) is 0 Å². The molecule has 0 saturated carbocycles. The van der Waals surface area contributed by atoms with Gasteiger partial charge in [-0.2, -0.15) is 4.98 Å². The number of oxazole rings is 1. The number of para-hydroxylation sites is 1. The molecule has 18 heavy (non-hydrogen) atoms. The summed E-state index contributed by atoms with van der Waals surface area (Å²) in [5.41, 5.74) is 3.35. The molecule has 1 aliphatic rings. The zero-order chi connectivity index (χ0) is 12.4. The number of hydrogen-bond donors (Lipinski definition) is 0. The molecule has 3 nitrogen and oxygen atoms in total. The van der Waals surface area contributed by atoms with Crippen molar-refractivity contribution in [2.24, 2.45) is 0 Å². The molecule has 4 heteroatoms. The first kappa shape index (κ1) is 11.6. The van der Waals surface area contributed by atoms with Gasteiger partial charge in [-0.3, -0.25) is 4.90 Å². The van der Waals surface area contributed by atoms with Crippen molar-refractivity contribution in [2.45, 2.75) is 25.1 Å². The number of aryl methyl sites for hydroxylation is 1. The summed E-state index contributed by atoms with van der Waals surface area (Å²) in [6.07, 6.45) is 5.11. The van der Waals surface area contributed by atoms with E-state index in [2.05, 4.69) is 34.1 Å². The first-order valence-electron chi connectivity index (χ1n) is 6.24. The molecule has 0 fully saturated rings. The van der Waals surface area contributed by atoms with Crippen LogP contribution in [0.2, 0.25) is 0 Å². The molecule has 0 atom stereocenters. The van der Waals surface area contributed by atoms with Crippen LogP contribution in [0.15, 0.2) is 34.9 Å². The molecule has 0 bridgehead atoms. The van der Waals surface area contributed by atoms with E-state index in [9.17, 15) is 0 Å². The first-order chi connectivity index (χ1) is 8.88. The number of alkyl halides is 1. The van der Waals surface area contributed by atoms with Crippen molar-refractivity contribution in [1.29, 1.82) is 0 Å². The molecule has 0 N–H and O–H groups in total. The smallest absolute Gasteiger partial charge is 0.302 e. The Hall–Kier alpha value is -1.48. The van der Waals surface area contributed by atoms with Gasteiger partial charge in [-0.25, -0.2) is 0 Å². The Kier molecular flexibility index (Phi) is 3.24. The fourth-order valence-corrected chi connectivity index (χ4v) is 2.49. The molecule has 1 aromatic heterocycles. The summed E-state index contributed by atoms with van der Waals surface area (Å²) in [6, 6.07) is 9.11. The van der Waals surface area contributed by atoms with Gasteiger partial charge in [-0.15, -0.1) is 11.6 Å². The number of fused-ring (bicyclic) bond motifs is 1. The number of rotatable bonds is 2. The Morgan fingerprint density at radius 3 is 3.00 bits per heavy atom. The highest BCUT2D eigenvalue weighted by Crippen LogP contribution is 2.32. The third-order valence-corrected chi connectivity index (χ3v) is 3.54. The van der Waals surface area contributed by atoms with Crippen LogP contribution in [0.5, 0.6) is 0 Å². The van der Waals surface area contributed by atoms with E-state index in [-0.39, 0.29) is 0 Å². The molecule has 0 aliphatic carbocycles. The lowest BCUT2D eigenvalue weighted by Crippen LogP contribution is -2.18. The number of halogens is 1. The van der Waals surface area contributed by atoms with Crippen LogP contribution in [0.25, 0.3) is 0 Å². The van der Waals surface area contributed by atoms with Gasteiger partial charge in [0.25, 0.3) is 0 Å². The molecule has 0 saturated heterocycles.